The van der Waals surface area contributed by atoms with E-state index in [2.05, 4.69) is 24.1 Å². The SMILES string of the molecule is COc1cc(OC)cc(C(=O)NC2C[C@H]3CCC[C@H](C2)N3CC(C)C)c1. The molecule has 3 rings (SSSR count). The van der Waals surface area contributed by atoms with Crippen LogP contribution >= 0.6 is 0 Å². The Morgan fingerprint density at radius 2 is 1.69 bits per heavy atom. The summed E-state index contributed by atoms with van der Waals surface area (Å²) in [5.41, 5.74) is 0.593. The summed E-state index contributed by atoms with van der Waals surface area (Å²) in [4.78, 5) is 15.5. The summed E-state index contributed by atoms with van der Waals surface area (Å²) in [7, 11) is 3.20. The van der Waals surface area contributed by atoms with Gasteiger partial charge in [-0.1, -0.05) is 20.3 Å². The van der Waals surface area contributed by atoms with E-state index in [1.165, 1.54) is 25.8 Å². The molecular weight excluding hydrogens is 328 g/mol. The van der Waals surface area contributed by atoms with Crippen LogP contribution in [-0.4, -0.2) is 49.7 Å². The van der Waals surface area contributed by atoms with E-state index in [-0.39, 0.29) is 11.9 Å². The van der Waals surface area contributed by atoms with Crippen molar-refractivity contribution in [3.05, 3.63) is 23.8 Å². The number of ether oxygens (including phenoxy) is 2. The van der Waals surface area contributed by atoms with Gasteiger partial charge in [-0.15, -0.1) is 0 Å². The Hall–Kier alpha value is -1.75. The zero-order chi connectivity index (χ0) is 18.7. The van der Waals surface area contributed by atoms with Crippen molar-refractivity contribution in [3.63, 3.8) is 0 Å². The molecule has 0 unspecified atom stereocenters. The summed E-state index contributed by atoms with van der Waals surface area (Å²) >= 11 is 0. The molecule has 2 aliphatic rings. The van der Waals surface area contributed by atoms with E-state index in [1.807, 2.05) is 0 Å². The minimum atomic E-state index is -0.0393. The minimum absolute atomic E-state index is 0.0393. The first-order valence-electron chi connectivity index (χ1n) is 9.79. The number of piperidine rings is 2. The van der Waals surface area contributed by atoms with E-state index >= 15 is 0 Å². The molecule has 2 fully saturated rings. The third-order valence-electron chi connectivity index (χ3n) is 5.65. The normalized spacial score (nSPS) is 25.8. The van der Waals surface area contributed by atoms with Crippen molar-refractivity contribution in [2.24, 2.45) is 5.92 Å². The molecule has 2 aliphatic heterocycles. The molecule has 2 heterocycles. The number of methoxy groups -OCH3 is 2. The number of hydrogen-bond donors (Lipinski definition) is 1. The van der Waals surface area contributed by atoms with Gasteiger partial charge in [0.2, 0.25) is 0 Å². The van der Waals surface area contributed by atoms with Gasteiger partial charge < -0.3 is 14.8 Å². The summed E-state index contributed by atoms with van der Waals surface area (Å²) < 4.78 is 10.6. The Bertz CT molecular complexity index is 595. The van der Waals surface area contributed by atoms with Gasteiger partial charge in [-0.25, -0.2) is 0 Å². The maximum atomic E-state index is 12.8. The molecule has 5 nitrogen and oxygen atoms in total. The zero-order valence-electron chi connectivity index (χ0n) is 16.5. The Labute approximate surface area is 157 Å². The van der Waals surface area contributed by atoms with E-state index < -0.39 is 0 Å². The number of hydrogen-bond acceptors (Lipinski definition) is 4. The van der Waals surface area contributed by atoms with Crippen LogP contribution in [0.25, 0.3) is 0 Å². The van der Waals surface area contributed by atoms with Gasteiger partial charge in [0.05, 0.1) is 14.2 Å². The van der Waals surface area contributed by atoms with Crippen LogP contribution in [-0.2, 0) is 0 Å². The molecule has 0 radical (unpaired) electrons. The van der Waals surface area contributed by atoms with E-state index in [1.54, 1.807) is 32.4 Å². The lowest BCUT2D eigenvalue weighted by Gasteiger charge is -2.49. The van der Waals surface area contributed by atoms with Gasteiger partial charge in [0.25, 0.3) is 5.91 Å². The van der Waals surface area contributed by atoms with Crippen LogP contribution in [0.5, 0.6) is 11.5 Å². The van der Waals surface area contributed by atoms with Crippen LogP contribution in [0.3, 0.4) is 0 Å². The van der Waals surface area contributed by atoms with E-state index in [0.717, 1.165) is 12.8 Å². The second-order valence-corrected chi connectivity index (χ2v) is 8.07. The van der Waals surface area contributed by atoms with Crippen LogP contribution in [0.1, 0.15) is 56.3 Å². The van der Waals surface area contributed by atoms with Gasteiger partial charge in [-0.3, -0.25) is 9.69 Å². The Morgan fingerprint density at radius 3 is 2.19 bits per heavy atom. The highest BCUT2D eigenvalue weighted by molar-refractivity contribution is 5.95. The summed E-state index contributed by atoms with van der Waals surface area (Å²) in [5, 5.41) is 3.26. The second kappa shape index (κ2) is 8.30. The van der Waals surface area contributed by atoms with Crippen molar-refractivity contribution >= 4 is 5.91 Å². The van der Waals surface area contributed by atoms with Gasteiger partial charge in [-0.2, -0.15) is 0 Å². The zero-order valence-corrected chi connectivity index (χ0v) is 16.5. The third kappa shape index (κ3) is 4.32. The Morgan fingerprint density at radius 1 is 1.12 bits per heavy atom. The lowest BCUT2D eigenvalue weighted by Crippen LogP contribution is -2.57. The molecule has 0 saturated carbocycles. The fraction of sp³-hybridized carbons (Fsp3) is 0.667. The number of rotatable bonds is 6. The fourth-order valence-corrected chi connectivity index (χ4v) is 4.52. The largest absolute Gasteiger partial charge is 0.497 e. The maximum Gasteiger partial charge on any atom is 0.251 e. The molecule has 2 bridgehead atoms. The summed E-state index contributed by atoms with van der Waals surface area (Å²) in [6.07, 6.45) is 5.93. The highest BCUT2D eigenvalue weighted by Gasteiger charge is 2.38. The number of amides is 1. The van der Waals surface area contributed by atoms with Gasteiger partial charge in [-0.05, 0) is 43.7 Å². The Kier molecular flexibility index (Phi) is 6.07. The average Bonchev–Trinajstić information content (AvgIpc) is 2.61. The van der Waals surface area contributed by atoms with Gasteiger partial charge in [0.15, 0.2) is 0 Å². The lowest BCUT2D eigenvalue weighted by atomic mass is 9.81. The summed E-state index contributed by atoms with van der Waals surface area (Å²) in [6, 6.07) is 6.79. The molecule has 144 valence electrons. The summed E-state index contributed by atoms with van der Waals surface area (Å²) in [6.45, 7) is 5.75. The van der Waals surface area contributed by atoms with Crippen molar-refractivity contribution in [1.29, 1.82) is 0 Å². The molecule has 26 heavy (non-hydrogen) atoms. The predicted molar refractivity (Wildman–Crippen MR) is 103 cm³/mol. The lowest BCUT2D eigenvalue weighted by molar-refractivity contribution is 0.0158. The first-order chi connectivity index (χ1) is 12.5. The standard InChI is InChI=1S/C21H32N2O3/c1-14(2)13-23-17-6-5-7-18(23)11-16(10-17)22-21(24)15-8-19(25-3)12-20(9-15)26-4/h8-9,12,14,16-18H,5-7,10-11,13H2,1-4H3,(H,22,24)/t17-,18-/m1/s1. The number of carbonyl (C=O) groups excluding carboxylic acids is 1. The quantitative estimate of drug-likeness (QED) is 0.844. The third-order valence-corrected chi connectivity index (χ3v) is 5.65. The maximum absolute atomic E-state index is 12.8. The first kappa shape index (κ1) is 19.0. The molecule has 0 aliphatic carbocycles. The highest BCUT2D eigenvalue weighted by Crippen LogP contribution is 2.34. The molecule has 1 aromatic carbocycles. The number of carbonyl (C=O) groups is 1. The number of benzene rings is 1. The van der Waals surface area contributed by atoms with Crippen LogP contribution < -0.4 is 14.8 Å². The minimum Gasteiger partial charge on any atom is -0.497 e. The van der Waals surface area contributed by atoms with Crippen LogP contribution in [0.4, 0.5) is 0 Å². The smallest absolute Gasteiger partial charge is 0.251 e. The molecule has 2 saturated heterocycles. The molecule has 2 atom stereocenters. The number of nitrogens with zero attached hydrogens (tertiary/aromatic N) is 1. The number of nitrogens with one attached hydrogen (secondary N) is 1. The predicted octanol–water partition coefficient (Wildman–Crippen LogP) is 3.48. The average molecular weight is 360 g/mol. The fourth-order valence-electron chi connectivity index (χ4n) is 4.52. The van der Waals surface area contributed by atoms with Crippen molar-refractivity contribution in [1.82, 2.24) is 10.2 Å². The summed E-state index contributed by atoms with van der Waals surface area (Å²) in [5.74, 6) is 1.92. The molecule has 5 heteroatoms. The van der Waals surface area contributed by atoms with Crippen molar-refractivity contribution in [2.45, 2.75) is 64.1 Å². The number of fused-ring (bicyclic) bond motifs is 2. The second-order valence-electron chi connectivity index (χ2n) is 8.07. The van der Waals surface area contributed by atoms with Crippen molar-refractivity contribution < 1.29 is 14.3 Å². The van der Waals surface area contributed by atoms with E-state index in [9.17, 15) is 4.79 Å². The molecule has 1 N–H and O–H groups in total. The Balaban J connectivity index is 1.67. The first-order valence-corrected chi connectivity index (χ1v) is 9.79. The molecule has 1 aromatic rings. The monoisotopic (exact) mass is 360 g/mol. The van der Waals surface area contributed by atoms with Gasteiger partial charge in [0.1, 0.15) is 11.5 Å². The molecule has 0 spiro atoms. The topological polar surface area (TPSA) is 50.8 Å². The molecule has 0 aromatic heterocycles. The van der Waals surface area contributed by atoms with Crippen LogP contribution in [0, 0.1) is 5.92 Å². The molecular formula is C21H32N2O3. The van der Waals surface area contributed by atoms with E-state index in [0.29, 0.717) is 35.1 Å². The van der Waals surface area contributed by atoms with Crippen LogP contribution in [0.15, 0.2) is 18.2 Å². The van der Waals surface area contributed by atoms with Crippen LogP contribution in [0.2, 0.25) is 0 Å². The van der Waals surface area contributed by atoms with Crippen molar-refractivity contribution in [3.8, 4) is 11.5 Å². The van der Waals surface area contributed by atoms with Gasteiger partial charge in [0, 0.05) is 36.3 Å². The van der Waals surface area contributed by atoms with Crippen molar-refractivity contribution in [2.75, 3.05) is 20.8 Å². The van der Waals surface area contributed by atoms with E-state index in [4.69, 9.17) is 9.47 Å². The highest BCUT2D eigenvalue weighted by atomic mass is 16.5. The molecule has 1 amide bonds. The van der Waals surface area contributed by atoms with Gasteiger partial charge >= 0.3 is 0 Å².